The molecule has 0 aliphatic carbocycles. The fraction of sp³-hybridized carbons (Fsp3) is 0.391. The number of carbonyl (C=O) groups excluding carboxylic acids is 2. The van der Waals surface area contributed by atoms with Gasteiger partial charge in [-0.15, -0.1) is 0 Å². The molecule has 0 aromatic heterocycles. The Morgan fingerprint density at radius 2 is 1.62 bits per heavy atom. The van der Waals surface area contributed by atoms with Gasteiger partial charge in [0.1, 0.15) is 6.04 Å². The zero-order chi connectivity index (χ0) is 23.9. The third-order valence-electron chi connectivity index (χ3n) is 5.24. The maximum atomic E-state index is 13.2. The summed E-state index contributed by atoms with van der Waals surface area (Å²) in [4.78, 5) is 27.4. The number of hydrogen-bond acceptors (Lipinski definition) is 4. The van der Waals surface area contributed by atoms with E-state index in [2.05, 4.69) is 5.32 Å². The molecule has 32 heavy (non-hydrogen) atoms. The van der Waals surface area contributed by atoms with Crippen LogP contribution in [0.3, 0.4) is 0 Å². The van der Waals surface area contributed by atoms with Crippen LogP contribution in [-0.4, -0.2) is 55.1 Å². The predicted octanol–water partition coefficient (Wildman–Crippen LogP) is 3.29. The molecule has 7 nitrogen and oxygen atoms in total. The third-order valence-corrected chi connectivity index (χ3v) is 7.31. The van der Waals surface area contributed by atoms with Crippen LogP contribution < -0.4 is 5.32 Å². The van der Waals surface area contributed by atoms with Gasteiger partial charge in [0, 0.05) is 24.7 Å². The summed E-state index contributed by atoms with van der Waals surface area (Å²) >= 11 is 5.85. The maximum Gasteiger partial charge on any atom is 0.243 e. The first-order chi connectivity index (χ1) is 15.1. The highest BCUT2D eigenvalue weighted by Crippen LogP contribution is 2.18. The van der Waals surface area contributed by atoms with Gasteiger partial charge in [-0.2, -0.15) is 4.31 Å². The molecule has 2 rings (SSSR count). The summed E-state index contributed by atoms with van der Waals surface area (Å²) in [5, 5.41) is 3.30. The van der Waals surface area contributed by atoms with E-state index < -0.39 is 28.5 Å². The van der Waals surface area contributed by atoms with Gasteiger partial charge in [0.25, 0.3) is 0 Å². The first-order valence-electron chi connectivity index (χ1n) is 10.4. The first-order valence-corrected chi connectivity index (χ1v) is 12.2. The van der Waals surface area contributed by atoms with Crippen LogP contribution in [0.25, 0.3) is 0 Å². The number of sulfonamides is 1. The lowest BCUT2D eigenvalue weighted by molar-refractivity contribution is -0.140. The number of amides is 2. The van der Waals surface area contributed by atoms with Crippen LogP contribution in [0.1, 0.15) is 32.8 Å². The summed E-state index contributed by atoms with van der Waals surface area (Å²) in [6.07, 6.45) is 0.757. The van der Waals surface area contributed by atoms with Gasteiger partial charge in [-0.05, 0) is 50.1 Å². The molecule has 0 unspecified atom stereocenters. The Hall–Kier alpha value is -2.42. The van der Waals surface area contributed by atoms with E-state index in [1.165, 1.54) is 36.2 Å². The van der Waals surface area contributed by atoms with Gasteiger partial charge in [-0.25, -0.2) is 8.42 Å². The Balaban J connectivity index is 2.24. The number of nitrogens with one attached hydrogen (secondary N) is 1. The summed E-state index contributed by atoms with van der Waals surface area (Å²) in [6.45, 7) is 5.27. The second-order valence-corrected chi connectivity index (χ2v) is 10.2. The number of carbonyl (C=O) groups is 2. The molecule has 0 radical (unpaired) electrons. The van der Waals surface area contributed by atoms with Crippen molar-refractivity contribution in [3.63, 3.8) is 0 Å². The molecule has 0 bridgehead atoms. The van der Waals surface area contributed by atoms with Crippen molar-refractivity contribution in [2.24, 2.45) is 0 Å². The molecule has 9 heteroatoms. The molecule has 0 fully saturated rings. The minimum atomic E-state index is -3.90. The van der Waals surface area contributed by atoms with E-state index in [9.17, 15) is 18.0 Å². The Morgan fingerprint density at radius 1 is 1.03 bits per heavy atom. The molecule has 0 spiro atoms. The number of benzene rings is 2. The molecular formula is C23H30ClN3O4S. The Morgan fingerprint density at radius 3 is 2.19 bits per heavy atom. The Kier molecular flexibility index (Phi) is 9.24. The Labute approximate surface area is 195 Å². The first kappa shape index (κ1) is 25.8. The minimum Gasteiger partial charge on any atom is -0.352 e. The second-order valence-electron chi connectivity index (χ2n) is 7.72. The topological polar surface area (TPSA) is 86.8 Å². The molecule has 2 atom stereocenters. The molecule has 2 aromatic rings. The van der Waals surface area contributed by atoms with Crippen molar-refractivity contribution in [1.82, 2.24) is 14.5 Å². The van der Waals surface area contributed by atoms with Crippen molar-refractivity contribution in [3.8, 4) is 0 Å². The van der Waals surface area contributed by atoms with Gasteiger partial charge >= 0.3 is 0 Å². The predicted molar refractivity (Wildman–Crippen MR) is 126 cm³/mol. The third kappa shape index (κ3) is 6.79. The van der Waals surface area contributed by atoms with Crippen LogP contribution >= 0.6 is 11.6 Å². The van der Waals surface area contributed by atoms with Crippen LogP contribution in [-0.2, 0) is 26.2 Å². The smallest absolute Gasteiger partial charge is 0.243 e. The highest BCUT2D eigenvalue weighted by molar-refractivity contribution is 7.89. The van der Waals surface area contributed by atoms with E-state index in [4.69, 9.17) is 11.6 Å². The monoisotopic (exact) mass is 479 g/mol. The number of hydrogen-bond donors (Lipinski definition) is 1. The van der Waals surface area contributed by atoms with E-state index in [0.717, 1.165) is 16.3 Å². The number of halogens is 1. The van der Waals surface area contributed by atoms with Crippen LogP contribution in [0, 0.1) is 0 Å². The number of rotatable bonds is 10. The van der Waals surface area contributed by atoms with Gasteiger partial charge in [-0.3, -0.25) is 9.59 Å². The van der Waals surface area contributed by atoms with Gasteiger partial charge < -0.3 is 10.2 Å². The summed E-state index contributed by atoms with van der Waals surface area (Å²) in [5.41, 5.74) is 0.840. The lowest BCUT2D eigenvalue weighted by Crippen LogP contribution is -2.51. The van der Waals surface area contributed by atoms with Crippen molar-refractivity contribution in [2.45, 2.75) is 50.7 Å². The van der Waals surface area contributed by atoms with Crippen molar-refractivity contribution in [2.75, 3.05) is 13.6 Å². The van der Waals surface area contributed by atoms with Crippen LogP contribution in [0.4, 0.5) is 0 Å². The van der Waals surface area contributed by atoms with Gasteiger partial charge in [0.2, 0.25) is 21.8 Å². The minimum absolute atomic E-state index is 0.0356. The standard InChI is InChI=1S/C23H30ClN3O4S/c1-5-17(2)25-23(29)18(3)27(15-19-9-7-6-8-10-19)22(28)16-26(4)32(30,31)21-13-11-20(24)12-14-21/h6-14,17-18H,5,15-16H2,1-4H3,(H,25,29)/t17-,18-/m1/s1. The van der Waals surface area contributed by atoms with Crippen LogP contribution in [0.2, 0.25) is 5.02 Å². The summed E-state index contributed by atoms with van der Waals surface area (Å²) in [7, 11) is -2.56. The second kappa shape index (κ2) is 11.4. The van der Waals surface area contributed by atoms with Crippen molar-refractivity contribution < 1.29 is 18.0 Å². The highest BCUT2D eigenvalue weighted by Gasteiger charge is 2.30. The maximum absolute atomic E-state index is 13.2. The molecule has 0 saturated heterocycles. The van der Waals surface area contributed by atoms with Gasteiger partial charge in [-0.1, -0.05) is 48.9 Å². The lowest BCUT2D eigenvalue weighted by atomic mass is 10.1. The van der Waals surface area contributed by atoms with Crippen molar-refractivity contribution in [1.29, 1.82) is 0 Å². The molecular weight excluding hydrogens is 450 g/mol. The molecule has 0 aliphatic rings. The van der Waals surface area contributed by atoms with Crippen molar-refractivity contribution in [3.05, 3.63) is 65.2 Å². The highest BCUT2D eigenvalue weighted by atomic mass is 35.5. The molecule has 2 amide bonds. The zero-order valence-corrected chi connectivity index (χ0v) is 20.4. The van der Waals surface area contributed by atoms with Crippen LogP contribution in [0.15, 0.2) is 59.5 Å². The fourth-order valence-corrected chi connectivity index (χ4v) is 4.23. The molecule has 1 N–H and O–H groups in total. The van der Waals surface area contributed by atoms with Crippen LogP contribution in [0.5, 0.6) is 0 Å². The molecule has 174 valence electrons. The lowest BCUT2D eigenvalue weighted by Gasteiger charge is -2.31. The average Bonchev–Trinajstić information content (AvgIpc) is 2.77. The van der Waals surface area contributed by atoms with E-state index in [0.29, 0.717) is 5.02 Å². The number of nitrogens with zero attached hydrogens (tertiary/aromatic N) is 2. The summed E-state index contributed by atoms with van der Waals surface area (Å²) in [5.74, 6) is -0.757. The van der Waals surface area contributed by atoms with Gasteiger partial charge in [0.15, 0.2) is 0 Å². The van der Waals surface area contributed by atoms with Crippen molar-refractivity contribution >= 4 is 33.4 Å². The normalized spacial score (nSPS) is 13.4. The zero-order valence-electron chi connectivity index (χ0n) is 18.8. The van der Waals surface area contributed by atoms with E-state index in [1.807, 2.05) is 44.2 Å². The SMILES string of the molecule is CC[C@@H](C)NC(=O)[C@@H](C)N(Cc1ccccc1)C(=O)CN(C)S(=O)(=O)c1ccc(Cl)cc1. The number of likely N-dealkylation sites (N-methyl/N-ethyl adjacent to an activating group) is 1. The quantitative estimate of drug-likeness (QED) is 0.566. The van der Waals surface area contributed by atoms with E-state index in [1.54, 1.807) is 6.92 Å². The van der Waals surface area contributed by atoms with E-state index >= 15 is 0 Å². The molecule has 0 aliphatic heterocycles. The van der Waals surface area contributed by atoms with Gasteiger partial charge in [0.05, 0.1) is 11.4 Å². The summed E-state index contributed by atoms with van der Waals surface area (Å²) in [6, 6.07) is 14.2. The fourth-order valence-electron chi connectivity index (χ4n) is 2.98. The summed E-state index contributed by atoms with van der Waals surface area (Å²) < 4.78 is 26.7. The van der Waals surface area contributed by atoms with E-state index in [-0.39, 0.29) is 23.4 Å². The molecule has 0 saturated carbocycles. The molecule has 0 heterocycles. The average molecular weight is 480 g/mol. The largest absolute Gasteiger partial charge is 0.352 e. The Bertz CT molecular complexity index is 1010. The molecule has 2 aromatic carbocycles.